The van der Waals surface area contributed by atoms with Crippen LogP contribution in [0.3, 0.4) is 0 Å². The Morgan fingerprint density at radius 2 is 1.83 bits per heavy atom. The summed E-state index contributed by atoms with van der Waals surface area (Å²) in [5, 5.41) is 12.2. The number of ether oxygens (including phenoxy) is 1. The molecule has 0 spiro atoms. The smallest absolute Gasteiger partial charge is 0.360 e. The van der Waals surface area contributed by atoms with E-state index in [2.05, 4.69) is 25.6 Å². The van der Waals surface area contributed by atoms with Crippen LogP contribution in [-0.4, -0.2) is 43.9 Å². The second-order valence-electron chi connectivity index (χ2n) is 6.12. The molecule has 0 aliphatic rings. The van der Waals surface area contributed by atoms with Crippen molar-refractivity contribution in [3.63, 3.8) is 0 Å². The van der Waals surface area contributed by atoms with Gasteiger partial charge in [0, 0.05) is 24.2 Å². The van der Waals surface area contributed by atoms with Gasteiger partial charge in [-0.1, -0.05) is 35.5 Å². The molecule has 0 unspecified atom stereocenters. The number of nitrogens with zero attached hydrogens (tertiary/aromatic N) is 5. The molecule has 0 radical (unpaired) electrons. The number of nitrogens with one attached hydrogen (secondary N) is 1. The normalized spacial score (nSPS) is 10.7. The van der Waals surface area contributed by atoms with E-state index in [0.717, 1.165) is 16.3 Å². The SMILES string of the molecule is COC(=O)c1nccnc1NC(=O)c1ccc(Cn2ccnn2)c2ccccc12. The van der Waals surface area contributed by atoms with Crippen LogP contribution in [0.4, 0.5) is 5.82 Å². The van der Waals surface area contributed by atoms with E-state index < -0.39 is 11.9 Å². The summed E-state index contributed by atoms with van der Waals surface area (Å²) < 4.78 is 6.41. The molecule has 144 valence electrons. The van der Waals surface area contributed by atoms with Crippen molar-refractivity contribution in [2.45, 2.75) is 6.54 Å². The number of carbonyl (C=O) groups is 2. The Morgan fingerprint density at radius 3 is 2.59 bits per heavy atom. The highest BCUT2D eigenvalue weighted by Gasteiger charge is 2.19. The van der Waals surface area contributed by atoms with Crippen LogP contribution in [0.15, 0.2) is 61.2 Å². The number of hydrogen-bond acceptors (Lipinski definition) is 7. The summed E-state index contributed by atoms with van der Waals surface area (Å²) in [6.45, 7) is 0.527. The highest BCUT2D eigenvalue weighted by Crippen LogP contribution is 2.24. The number of methoxy groups -OCH3 is 1. The number of aromatic nitrogens is 5. The molecule has 9 heteroatoms. The van der Waals surface area contributed by atoms with Gasteiger partial charge < -0.3 is 10.1 Å². The lowest BCUT2D eigenvalue weighted by atomic mass is 9.99. The minimum Gasteiger partial charge on any atom is -0.464 e. The maximum Gasteiger partial charge on any atom is 0.360 e. The Balaban J connectivity index is 1.70. The first-order valence-corrected chi connectivity index (χ1v) is 8.73. The topological polar surface area (TPSA) is 112 Å². The van der Waals surface area contributed by atoms with Crippen molar-refractivity contribution in [2.75, 3.05) is 12.4 Å². The van der Waals surface area contributed by atoms with E-state index >= 15 is 0 Å². The van der Waals surface area contributed by atoms with Gasteiger partial charge in [-0.15, -0.1) is 5.10 Å². The Hall–Kier alpha value is -4.14. The molecule has 2 aromatic carbocycles. The molecule has 4 aromatic rings. The standard InChI is InChI=1S/C20H16N6O3/c1-29-20(28)17-18(22-9-8-21-17)24-19(27)16-7-6-13(12-26-11-10-23-25-26)14-4-2-3-5-15(14)16/h2-11H,12H2,1H3,(H,22,24,27). The van der Waals surface area contributed by atoms with Gasteiger partial charge in [0.2, 0.25) is 0 Å². The summed E-state index contributed by atoms with van der Waals surface area (Å²) in [5.41, 5.74) is 1.39. The molecule has 2 aromatic heterocycles. The van der Waals surface area contributed by atoms with E-state index in [1.165, 1.54) is 19.5 Å². The van der Waals surface area contributed by atoms with Crippen LogP contribution < -0.4 is 5.32 Å². The minimum absolute atomic E-state index is 0.0418. The van der Waals surface area contributed by atoms with Crippen LogP contribution in [-0.2, 0) is 11.3 Å². The first-order chi connectivity index (χ1) is 14.2. The van der Waals surface area contributed by atoms with Gasteiger partial charge >= 0.3 is 5.97 Å². The van der Waals surface area contributed by atoms with Gasteiger partial charge in [-0.25, -0.2) is 19.4 Å². The zero-order chi connectivity index (χ0) is 20.2. The average Bonchev–Trinajstić information content (AvgIpc) is 3.27. The first kappa shape index (κ1) is 18.2. The van der Waals surface area contributed by atoms with E-state index in [4.69, 9.17) is 4.74 Å². The fourth-order valence-corrected chi connectivity index (χ4v) is 3.04. The summed E-state index contributed by atoms with van der Waals surface area (Å²) in [6, 6.07) is 11.2. The van der Waals surface area contributed by atoms with E-state index in [-0.39, 0.29) is 11.5 Å². The van der Waals surface area contributed by atoms with E-state index in [0.29, 0.717) is 12.1 Å². The number of esters is 1. The van der Waals surface area contributed by atoms with E-state index in [9.17, 15) is 9.59 Å². The minimum atomic E-state index is -0.679. The summed E-state index contributed by atoms with van der Waals surface area (Å²) in [6.07, 6.45) is 6.14. The number of fused-ring (bicyclic) bond motifs is 1. The van der Waals surface area contributed by atoms with Gasteiger partial charge in [-0.2, -0.15) is 0 Å². The lowest BCUT2D eigenvalue weighted by molar-refractivity contribution is 0.0595. The molecule has 0 aliphatic heterocycles. The lowest BCUT2D eigenvalue weighted by Crippen LogP contribution is -2.18. The highest BCUT2D eigenvalue weighted by molar-refractivity contribution is 6.14. The molecule has 1 N–H and O–H groups in total. The monoisotopic (exact) mass is 388 g/mol. The average molecular weight is 388 g/mol. The first-order valence-electron chi connectivity index (χ1n) is 8.73. The second-order valence-corrected chi connectivity index (χ2v) is 6.12. The second kappa shape index (κ2) is 7.85. The molecule has 2 heterocycles. The van der Waals surface area contributed by atoms with Gasteiger partial charge in [0.15, 0.2) is 11.5 Å². The van der Waals surface area contributed by atoms with Crippen LogP contribution >= 0.6 is 0 Å². The zero-order valence-corrected chi connectivity index (χ0v) is 15.4. The lowest BCUT2D eigenvalue weighted by Gasteiger charge is -2.12. The quantitative estimate of drug-likeness (QED) is 0.522. The summed E-state index contributed by atoms with van der Waals surface area (Å²) in [7, 11) is 1.24. The van der Waals surface area contributed by atoms with Crippen LogP contribution in [0.1, 0.15) is 26.4 Å². The molecule has 29 heavy (non-hydrogen) atoms. The maximum absolute atomic E-state index is 13.0. The summed E-state index contributed by atoms with van der Waals surface area (Å²) >= 11 is 0. The van der Waals surface area contributed by atoms with Gasteiger partial charge in [0.25, 0.3) is 5.91 Å². The molecule has 4 rings (SSSR count). The van der Waals surface area contributed by atoms with Gasteiger partial charge in [0.1, 0.15) is 0 Å². The van der Waals surface area contributed by atoms with Crippen LogP contribution in [0.2, 0.25) is 0 Å². The van der Waals surface area contributed by atoms with Crippen molar-refractivity contribution in [3.8, 4) is 0 Å². The molecule has 0 fully saturated rings. The molecule has 0 atom stereocenters. The summed E-state index contributed by atoms with van der Waals surface area (Å²) in [4.78, 5) is 32.8. The molecule has 0 saturated heterocycles. The molecule has 0 saturated carbocycles. The van der Waals surface area contributed by atoms with Crippen molar-refractivity contribution in [2.24, 2.45) is 0 Å². The summed E-state index contributed by atoms with van der Waals surface area (Å²) in [5.74, 6) is -1.04. The Labute approximate surface area is 165 Å². The van der Waals surface area contributed by atoms with Crippen LogP contribution in [0, 0.1) is 0 Å². The molecule has 0 bridgehead atoms. The van der Waals surface area contributed by atoms with Crippen molar-refractivity contribution >= 4 is 28.5 Å². The van der Waals surface area contributed by atoms with Crippen LogP contribution in [0.5, 0.6) is 0 Å². The molecule has 9 nitrogen and oxygen atoms in total. The van der Waals surface area contributed by atoms with E-state index in [1.807, 2.05) is 30.3 Å². The highest BCUT2D eigenvalue weighted by atomic mass is 16.5. The molecule has 0 aliphatic carbocycles. The molecule has 1 amide bonds. The maximum atomic E-state index is 13.0. The fourth-order valence-electron chi connectivity index (χ4n) is 3.04. The predicted octanol–water partition coefficient (Wildman–Crippen LogP) is 2.31. The van der Waals surface area contributed by atoms with Gasteiger partial charge in [-0.05, 0) is 22.4 Å². The van der Waals surface area contributed by atoms with Gasteiger partial charge in [-0.3, -0.25) is 4.79 Å². The third-order valence-electron chi connectivity index (χ3n) is 4.37. The third-order valence-corrected chi connectivity index (χ3v) is 4.37. The predicted molar refractivity (Wildman–Crippen MR) is 104 cm³/mol. The number of anilines is 1. The number of carbonyl (C=O) groups excluding carboxylic acids is 2. The third kappa shape index (κ3) is 3.65. The van der Waals surface area contributed by atoms with Crippen molar-refractivity contribution < 1.29 is 14.3 Å². The molecular formula is C20H16N6O3. The van der Waals surface area contributed by atoms with Crippen molar-refractivity contribution in [1.82, 2.24) is 25.0 Å². The zero-order valence-electron chi connectivity index (χ0n) is 15.4. The molecular weight excluding hydrogens is 372 g/mol. The number of hydrogen-bond donors (Lipinski definition) is 1. The number of benzene rings is 2. The number of amides is 1. The van der Waals surface area contributed by atoms with Crippen molar-refractivity contribution in [3.05, 3.63) is 78.0 Å². The number of rotatable bonds is 5. The Morgan fingerprint density at radius 1 is 1.03 bits per heavy atom. The van der Waals surface area contributed by atoms with Crippen LogP contribution in [0.25, 0.3) is 10.8 Å². The Bertz CT molecular complexity index is 1190. The Kier molecular flexibility index (Phi) is 4.93. The largest absolute Gasteiger partial charge is 0.464 e. The van der Waals surface area contributed by atoms with Gasteiger partial charge in [0.05, 0.1) is 19.9 Å². The fraction of sp³-hybridized carbons (Fsp3) is 0.100. The van der Waals surface area contributed by atoms with E-state index in [1.54, 1.807) is 23.1 Å². The van der Waals surface area contributed by atoms with Crippen molar-refractivity contribution in [1.29, 1.82) is 0 Å².